The number of fused-ring (bicyclic) bond motifs is 1. The third-order valence-electron chi connectivity index (χ3n) is 4.37. The van der Waals surface area contributed by atoms with Gasteiger partial charge in [-0.1, -0.05) is 38.1 Å². The predicted octanol–water partition coefficient (Wildman–Crippen LogP) is 3.80. The molecule has 98 valence electrons. The molecule has 1 aromatic carbocycles. The third-order valence-corrected chi connectivity index (χ3v) is 5.77. The Morgan fingerprint density at radius 3 is 2.94 bits per heavy atom. The number of rotatable bonds is 3. The largest absolute Gasteiger partial charge is 0.308 e. The van der Waals surface area contributed by atoms with Crippen LogP contribution in [0, 0.1) is 5.41 Å². The van der Waals surface area contributed by atoms with Crippen molar-refractivity contribution >= 4 is 11.8 Å². The summed E-state index contributed by atoms with van der Waals surface area (Å²) < 4.78 is 0. The number of hydrogen-bond donors (Lipinski definition) is 1. The normalized spacial score (nSPS) is 29.4. The Morgan fingerprint density at radius 2 is 2.17 bits per heavy atom. The first-order valence-electron chi connectivity index (χ1n) is 7.09. The molecule has 1 N–H and O–H groups in total. The van der Waals surface area contributed by atoms with Crippen LogP contribution in [0.4, 0.5) is 0 Å². The minimum absolute atomic E-state index is 0.354. The van der Waals surface area contributed by atoms with Gasteiger partial charge in [0.25, 0.3) is 0 Å². The van der Waals surface area contributed by atoms with Gasteiger partial charge in [-0.2, -0.15) is 11.8 Å². The van der Waals surface area contributed by atoms with Gasteiger partial charge in [0, 0.05) is 17.8 Å². The molecule has 2 aliphatic rings. The van der Waals surface area contributed by atoms with E-state index in [0.717, 1.165) is 5.25 Å². The zero-order valence-corrected chi connectivity index (χ0v) is 12.2. The van der Waals surface area contributed by atoms with Gasteiger partial charge in [0.15, 0.2) is 0 Å². The van der Waals surface area contributed by atoms with Gasteiger partial charge >= 0.3 is 0 Å². The molecule has 1 nitrogen and oxygen atoms in total. The summed E-state index contributed by atoms with van der Waals surface area (Å²) in [5, 5.41) is 4.69. The van der Waals surface area contributed by atoms with Gasteiger partial charge in [0.1, 0.15) is 0 Å². The summed E-state index contributed by atoms with van der Waals surface area (Å²) >= 11 is 2.14. The second-order valence-electron chi connectivity index (χ2n) is 6.34. The van der Waals surface area contributed by atoms with E-state index in [4.69, 9.17) is 0 Å². The maximum Gasteiger partial charge on any atom is 0.0378 e. The van der Waals surface area contributed by atoms with E-state index in [-0.39, 0.29) is 0 Å². The maximum atomic E-state index is 3.85. The lowest BCUT2D eigenvalue weighted by Gasteiger charge is -2.29. The molecule has 0 saturated carbocycles. The zero-order valence-electron chi connectivity index (χ0n) is 11.4. The molecular formula is C16H23NS. The number of nitrogens with one attached hydrogen (secondary N) is 1. The van der Waals surface area contributed by atoms with Crippen molar-refractivity contribution < 1.29 is 0 Å². The van der Waals surface area contributed by atoms with Gasteiger partial charge in [0.05, 0.1) is 0 Å². The Balaban J connectivity index is 1.73. The van der Waals surface area contributed by atoms with E-state index >= 15 is 0 Å². The highest BCUT2D eigenvalue weighted by Crippen LogP contribution is 2.45. The highest BCUT2D eigenvalue weighted by Gasteiger charge is 2.38. The van der Waals surface area contributed by atoms with E-state index < -0.39 is 0 Å². The molecule has 3 rings (SSSR count). The predicted molar refractivity (Wildman–Crippen MR) is 80.2 cm³/mol. The van der Waals surface area contributed by atoms with Crippen LogP contribution in [0.1, 0.15) is 43.9 Å². The summed E-state index contributed by atoms with van der Waals surface area (Å²) in [6.07, 6.45) is 4.01. The van der Waals surface area contributed by atoms with Crippen LogP contribution in [-0.4, -0.2) is 17.5 Å². The lowest BCUT2D eigenvalue weighted by Crippen LogP contribution is -2.34. The van der Waals surface area contributed by atoms with Crippen molar-refractivity contribution in [2.24, 2.45) is 5.41 Å². The van der Waals surface area contributed by atoms with Crippen LogP contribution in [0.25, 0.3) is 0 Å². The SMILES string of the molecule is CC1(C)Cc2ccccc2C1NCC1CCCS1. The first kappa shape index (κ1) is 12.6. The van der Waals surface area contributed by atoms with Crippen molar-refractivity contribution in [3.63, 3.8) is 0 Å². The van der Waals surface area contributed by atoms with Crippen molar-refractivity contribution in [1.29, 1.82) is 0 Å². The summed E-state index contributed by atoms with van der Waals surface area (Å²) in [7, 11) is 0. The molecule has 0 radical (unpaired) electrons. The lowest BCUT2D eigenvalue weighted by atomic mass is 9.85. The van der Waals surface area contributed by atoms with Crippen molar-refractivity contribution in [2.75, 3.05) is 12.3 Å². The van der Waals surface area contributed by atoms with Gasteiger partial charge in [-0.15, -0.1) is 0 Å². The van der Waals surface area contributed by atoms with Crippen LogP contribution >= 0.6 is 11.8 Å². The topological polar surface area (TPSA) is 12.0 Å². The molecule has 1 aliphatic heterocycles. The fraction of sp³-hybridized carbons (Fsp3) is 0.625. The molecule has 2 heteroatoms. The Hall–Kier alpha value is -0.470. The molecule has 2 atom stereocenters. The lowest BCUT2D eigenvalue weighted by molar-refractivity contribution is 0.270. The van der Waals surface area contributed by atoms with Crippen molar-refractivity contribution in [1.82, 2.24) is 5.32 Å². The van der Waals surface area contributed by atoms with E-state index in [0.29, 0.717) is 11.5 Å². The quantitative estimate of drug-likeness (QED) is 0.888. The Bertz CT molecular complexity index is 421. The molecule has 0 aromatic heterocycles. The second kappa shape index (κ2) is 4.90. The number of benzene rings is 1. The van der Waals surface area contributed by atoms with E-state index in [9.17, 15) is 0 Å². The van der Waals surface area contributed by atoms with Crippen LogP contribution in [0.2, 0.25) is 0 Å². The summed E-state index contributed by atoms with van der Waals surface area (Å²) in [6.45, 7) is 5.96. The minimum Gasteiger partial charge on any atom is -0.308 e. The summed E-state index contributed by atoms with van der Waals surface area (Å²) in [5.41, 5.74) is 3.43. The molecule has 1 saturated heterocycles. The van der Waals surface area contributed by atoms with Crippen LogP contribution < -0.4 is 5.32 Å². The first-order chi connectivity index (χ1) is 8.67. The Labute approximate surface area is 115 Å². The van der Waals surface area contributed by atoms with E-state index in [1.54, 1.807) is 5.56 Å². The second-order valence-corrected chi connectivity index (χ2v) is 7.75. The average molecular weight is 261 g/mol. The standard InChI is InChI=1S/C16H23NS/c1-16(2)10-12-6-3-4-8-14(12)15(16)17-11-13-7-5-9-18-13/h3-4,6,8,13,15,17H,5,7,9-11H2,1-2H3. The van der Waals surface area contributed by atoms with Gasteiger partial charge in [-0.3, -0.25) is 0 Å². The van der Waals surface area contributed by atoms with E-state index in [1.165, 1.54) is 37.1 Å². The smallest absolute Gasteiger partial charge is 0.0378 e. The Morgan fingerprint density at radius 1 is 1.33 bits per heavy atom. The third kappa shape index (κ3) is 2.33. The van der Waals surface area contributed by atoms with Crippen molar-refractivity contribution in [2.45, 2.75) is 44.4 Å². The molecule has 1 fully saturated rings. The van der Waals surface area contributed by atoms with E-state index in [1.807, 2.05) is 0 Å². The fourth-order valence-electron chi connectivity index (χ4n) is 3.43. The first-order valence-corrected chi connectivity index (χ1v) is 8.14. The van der Waals surface area contributed by atoms with Crippen LogP contribution in [0.5, 0.6) is 0 Å². The molecule has 0 bridgehead atoms. The number of hydrogen-bond acceptors (Lipinski definition) is 2. The molecule has 1 aliphatic carbocycles. The molecule has 2 unspecified atom stereocenters. The molecular weight excluding hydrogens is 238 g/mol. The minimum atomic E-state index is 0.354. The monoisotopic (exact) mass is 261 g/mol. The van der Waals surface area contributed by atoms with Gasteiger partial charge in [0.2, 0.25) is 0 Å². The maximum absolute atomic E-state index is 3.85. The summed E-state index contributed by atoms with van der Waals surface area (Å²) in [5.74, 6) is 1.36. The highest BCUT2D eigenvalue weighted by molar-refractivity contribution is 8.00. The van der Waals surface area contributed by atoms with Crippen LogP contribution in [-0.2, 0) is 6.42 Å². The molecule has 18 heavy (non-hydrogen) atoms. The summed E-state index contributed by atoms with van der Waals surface area (Å²) in [4.78, 5) is 0. The molecule has 1 heterocycles. The van der Waals surface area contributed by atoms with Gasteiger partial charge < -0.3 is 5.32 Å². The van der Waals surface area contributed by atoms with Crippen molar-refractivity contribution in [3.05, 3.63) is 35.4 Å². The molecule has 0 spiro atoms. The summed E-state index contributed by atoms with van der Waals surface area (Å²) in [6, 6.07) is 9.49. The molecule has 1 aromatic rings. The highest BCUT2D eigenvalue weighted by atomic mass is 32.2. The van der Waals surface area contributed by atoms with Crippen molar-refractivity contribution in [3.8, 4) is 0 Å². The van der Waals surface area contributed by atoms with Gasteiger partial charge in [-0.25, -0.2) is 0 Å². The number of thioether (sulfide) groups is 1. The fourth-order valence-corrected chi connectivity index (χ4v) is 4.65. The molecule has 0 amide bonds. The zero-order chi connectivity index (χ0) is 12.6. The van der Waals surface area contributed by atoms with Gasteiger partial charge in [-0.05, 0) is 41.6 Å². The van der Waals surface area contributed by atoms with E-state index in [2.05, 4.69) is 55.2 Å². The van der Waals surface area contributed by atoms with Crippen LogP contribution in [0.3, 0.4) is 0 Å². The Kier molecular flexibility index (Phi) is 3.42. The average Bonchev–Trinajstić information content (AvgIpc) is 2.91. The van der Waals surface area contributed by atoms with Crippen LogP contribution in [0.15, 0.2) is 24.3 Å².